The van der Waals surface area contributed by atoms with Gasteiger partial charge in [-0.25, -0.2) is 0 Å². The third-order valence-electron chi connectivity index (χ3n) is 3.66. The van der Waals surface area contributed by atoms with E-state index >= 15 is 0 Å². The molecular weight excluding hydrogens is 172 g/mol. The molecule has 0 spiro atoms. The van der Waals surface area contributed by atoms with Gasteiger partial charge in [0, 0.05) is 12.1 Å². The molecule has 2 heteroatoms. The largest absolute Gasteiger partial charge is 0.330 e. The number of hydrogen-bond acceptors (Lipinski definition) is 2. The van der Waals surface area contributed by atoms with Gasteiger partial charge < -0.3 is 5.73 Å². The molecule has 2 N–H and O–H groups in total. The molecular formula is C12H26N2. The normalized spacial score (nSPS) is 31.7. The minimum absolute atomic E-state index is 0.677. The molecule has 0 amide bonds. The molecule has 0 saturated carbocycles. The average molecular weight is 198 g/mol. The number of nitrogens with two attached hydrogens (primary N) is 1. The van der Waals surface area contributed by atoms with Gasteiger partial charge in [0.2, 0.25) is 0 Å². The van der Waals surface area contributed by atoms with Crippen LogP contribution in [-0.4, -0.2) is 30.1 Å². The maximum atomic E-state index is 5.64. The Hall–Kier alpha value is -0.0800. The predicted molar refractivity (Wildman–Crippen MR) is 62.3 cm³/mol. The predicted octanol–water partition coefficient (Wildman–Crippen LogP) is 2.23. The van der Waals surface area contributed by atoms with Crippen LogP contribution in [0.4, 0.5) is 0 Å². The SMILES string of the molecule is CC(CN)CCN1[C@H](C)CCC[C@@H]1C. The summed E-state index contributed by atoms with van der Waals surface area (Å²) in [6, 6.07) is 1.56. The molecule has 84 valence electrons. The molecule has 2 nitrogen and oxygen atoms in total. The molecule has 1 rings (SSSR count). The zero-order valence-electron chi connectivity index (χ0n) is 10.00. The average Bonchev–Trinajstić information content (AvgIpc) is 2.16. The van der Waals surface area contributed by atoms with E-state index in [1.807, 2.05) is 0 Å². The second kappa shape index (κ2) is 5.72. The number of likely N-dealkylation sites (tertiary alicyclic amines) is 1. The van der Waals surface area contributed by atoms with Gasteiger partial charge in [-0.1, -0.05) is 13.3 Å². The minimum Gasteiger partial charge on any atom is -0.330 e. The summed E-state index contributed by atoms with van der Waals surface area (Å²) in [6.07, 6.45) is 5.42. The van der Waals surface area contributed by atoms with Crippen LogP contribution in [-0.2, 0) is 0 Å². The lowest BCUT2D eigenvalue weighted by Gasteiger charge is -2.39. The van der Waals surface area contributed by atoms with E-state index in [0.29, 0.717) is 5.92 Å². The molecule has 1 saturated heterocycles. The van der Waals surface area contributed by atoms with Gasteiger partial charge in [0.05, 0.1) is 0 Å². The van der Waals surface area contributed by atoms with Crippen LogP contribution < -0.4 is 5.73 Å². The highest BCUT2D eigenvalue weighted by Crippen LogP contribution is 2.23. The van der Waals surface area contributed by atoms with Crippen LogP contribution in [0.5, 0.6) is 0 Å². The lowest BCUT2D eigenvalue weighted by molar-refractivity contribution is 0.0973. The zero-order chi connectivity index (χ0) is 10.6. The summed E-state index contributed by atoms with van der Waals surface area (Å²) in [5.74, 6) is 0.677. The Morgan fingerprint density at radius 1 is 1.29 bits per heavy atom. The molecule has 0 aromatic rings. The van der Waals surface area contributed by atoms with Gasteiger partial charge in [-0.15, -0.1) is 0 Å². The lowest BCUT2D eigenvalue weighted by atomic mass is 9.96. The Kier molecular flexibility index (Phi) is 4.90. The van der Waals surface area contributed by atoms with Crippen molar-refractivity contribution < 1.29 is 0 Å². The van der Waals surface area contributed by atoms with Crippen molar-refractivity contribution in [1.29, 1.82) is 0 Å². The number of nitrogens with zero attached hydrogens (tertiary/aromatic N) is 1. The quantitative estimate of drug-likeness (QED) is 0.750. The van der Waals surface area contributed by atoms with E-state index in [2.05, 4.69) is 25.7 Å². The number of rotatable bonds is 4. The minimum atomic E-state index is 0.677. The summed E-state index contributed by atoms with van der Waals surface area (Å²) in [5.41, 5.74) is 5.64. The van der Waals surface area contributed by atoms with E-state index in [1.165, 1.54) is 32.2 Å². The van der Waals surface area contributed by atoms with Gasteiger partial charge in [0.15, 0.2) is 0 Å². The summed E-state index contributed by atoms with van der Waals surface area (Å²) in [7, 11) is 0. The van der Waals surface area contributed by atoms with E-state index in [9.17, 15) is 0 Å². The first-order chi connectivity index (χ1) is 6.65. The molecule has 1 aliphatic heterocycles. The fourth-order valence-electron chi connectivity index (χ4n) is 2.40. The topological polar surface area (TPSA) is 29.3 Å². The number of piperidine rings is 1. The first kappa shape index (κ1) is 12.0. The second-order valence-corrected chi connectivity index (χ2v) is 5.00. The smallest absolute Gasteiger partial charge is 0.00697 e. The van der Waals surface area contributed by atoms with Crippen LogP contribution in [0.15, 0.2) is 0 Å². The fourth-order valence-corrected chi connectivity index (χ4v) is 2.40. The van der Waals surface area contributed by atoms with Gasteiger partial charge >= 0.3 is 0 Å². The third kappa shape index (κ3) is 3.25. The van der Waals surface area contributed by atoms with Crippen LogP contribution in [0.2, 0.25) is 0 Å². The van der Waals surface area contributed by atoms with Crippen molar-refractivity contribution in [1.82, 2.24) is 4.90 Å². The molecule has 1 fully saturated rings. The second-order valence-electron chi connectivity index (χ2n) is 5.00. The summed E-state index contributed by atoms with van der Waals surface area (Å²) in [5, 5.41) is 0. The van der Waals surface area contributed by atoms with Crippen molar-refractivity contribution in [2.45, 2.75) is 58.5 Å². The van der Waals surface area contributed by atoms with Gasteiger partial charge in [0.1, 0.15) is 0 Å². The molecule has 3 atom stereocenters. The molecule has 1 heterocycles. The highest BCUT2D eigenvalue weighted by molar-refractivity contribution is 4.79. The summed E-state index contributed by atoms with van der Waals surface area (Å²) < 4.78 is 0. The van der Waals surface area contributed by atoms with Gasteiger partial charge in [0.25, 0.3) is 0 Å². The molecule has 0 bridgehead atoms. The first-order valence-corrected chi connectivity index (χ1v) is 6.11. The molecule has 0 radical (unpaired) electrons. The van der Waals surface area contributed by atoms with E-state index in [1.54, 1.807) is 0 Å². The Bertz CT molecular complexity index is 148. The standard InChI is InChI=1S/C12H26N2/c1-10(9-13)7-8-14-11(2)5-4-6-12(14)3/h10-12H,4-9,13H2,1-3H3/t10?,11-,12+. The lowest BCUT2D eigenvalue weighted by Crippen LogP contribution is -2.44. The van der Waals surface area contributed by atoms with Crippen molar-refractivity contribution in [3.8, 4) is 0 Å². The molecule has 1 aliphatic rings. The Morgan fingerprint density at radius 3 is 2.36 bits per heavy atom. The Labute approximate surface area is 88.8 Å². The highest BCUT2D eigenvalue weighted by Gasteiger charge is 2.24. The fraction of sp³-hybridized carbons (Fsp3) is 1.00. The Balaban J connectivity index is 2.32. The third-order valence-corrected chi connectivity index (χ3v) is 3.66. The van der Waals surface area contributed by atoms with Gasteiger partial charge in [-0.05, 0) is 52.1 Å². The summed E-state index contributed by atoms with van der Waals surface area (Å²) in [4.78, 5) is 2.66. The van der Waals surface area contributed by atoms with E-state index in [-0.39, 0.29) is 0 Å². The van der Waals surface area contributed by atoms with Crippen LogP contribution >= 0.6 is 0 Å². The maximum absolute atomic E-state index is 5.64. The van der Waals surface area contributed by atoms with Crippen LogP contribution in [0, 0.1) is 5.92 Å². The Morgan fingerprint density at radius 2 is 1.86 bits per heavy atom. The zero-order valence-corrected chi connectivity index (χ0v) is 10.00. The molecule has 1 unspecified atom stereocenters. The van der Waals surface area contributed by atoms with E-state index in [0.717, 1.165) is 18.6 Å². The summed E-state index contributed by atoms with van der Waals surface area (Å²) >= 11 is 0. The van der Waals surface area contributed by atoms with Gasteiger partial charge in [-0.3, -0.25) is 4.90 Å². The maximum Gasteiger partial charge on any atom is 0.00697 e. The van der Waals surface area contributed by atoms with Crippen molar-refractivity contribution in [2.75, 3.05) is 13.1 Å². The van der Waals surface area contributed by atoms with Crippen molar-refractivity contribution in [3.63, 3.8) is 0 Å². The van der Waals surface area contributed by atoms with Crippen molar-refractivity contribution in [2.24, 2.45) is 11.7 Å². The van der Waals surface area contributed by atoms with Crippen LogP contribution in [0.3, 0.4) is 0 Å². The molecule has 14 heavy (non-hydrogen) atoms. The molecule has 0 aliphatic carbocycles. The van der Waals surface area contributed by atoms with Crippen LogP contribution in [0.1, 0.15) is 46.5 Å². The highest BCUT2D eigenvalue weighted by atomic mass is 15.2. The molecule has 0 aromatic carbocycles. The van der Waals surface area contributed by atoms with Gasteiger partial charge in [-0.2, -0.15) is 0 Å². The molecule has 0 aromatic heterocycles. The monoisotopic (exact) mass is 198 g/mol. The summed E-state index contributed by atoms with van der Waals surface area (Å²) in [6.45, 7) is 9.04. The van der Waals surface area contributed by atoms with Crippen LogP contribution in [0.25, 0.3) is 0 Å². The van der Waals surface area contributed by atoms with Crippen molar-refractivity contribution in [3.05, 3.63) is 0 Å². The first-order valence-electron chi connectivity index (χ1n) is 6.11. The van der Waals surface area contributed by atoms with E-state index < -0.39 is 0 Å². The number of hydrogen-bond donors (Lipinski definition) is 1. The van der Waals surface area contributed by atoms with E-state index in [4.69, 9.17) is 5.73 Å². The van der Waals surface area contributed by atoms with Crippen molar-refractivity contribution >= 4 is 0 Å².